The van der Waals surface area contributed by atoms with Crippen molar-refractivity contribution in [1.82, 2.24) is 4.98 Å². The van der Waals surface area contributed by atoms with E-state index in [-0.39, 0.29) is 0 Å². The predicted molar refractivity (Wildman–Crippen MR) is 92.5 cm³/mol. The molecule has 0 aliphatic heterocycles. The predicted octanol–water partition coefficient (Wildman–Crippen LogP) is 4.75. The van der Waals surface area contributed by atoms with Gasteiger partial charge in [-0.25, -0.2) is 0 Å². The summed E-state index contributed by atoms with van der Waals surface area (Å²) in [4.78, 5) is 3.80. The molecule has 1 rings (SSSR count). The molecule has 21 heavy (non-hydrogen) atoms. The number of unbranched alkanes of at least 4 members (excludes halogenated alkanes) is 1. The molecule has 0 aromatic carbocycles. The largest absolute Gasteiger partial charge is 0.428 e. The van der Waals surface area contributed by atoms with Gasteiger partial charge in [0.05, 0.1) is 0 Å². The van der Waals surface area contributed by atoms with E-state index in [1.54, 1.807) is 0 Å². The molecule has 0 spiro atoms. The number of nitrogens with one attached hydrogen (secondary N) is 1. The molecule has 0 amide bonds. The summed E-state index contributed by atoms with van der Waals surface area (Å²) in [5.41, 5.74) is 0.612. The van der Waals surface area contributed by atoms with Gasteiger partial charge in [-0.05, 0) is 38.1 Å². The van der Waals surface area contributed by atoms with E-state index >= 15 is 0 Å². The molecule has 1 saturated carbocycles. The fraction of sp³-hybridized carbons (Fsp3) is 1.00. The Kier molecular flexibility index (Phi) is 9.81. The van der Waals surface area contributed by atoms with Gasteiger partial charge in [0.15, 0.2) is 0 Å². The Morgan fingerprint density at radius 1 is 0.952 bits per heavy atom. The molecule has 0 radical (unpaired) electrons. The van der Waals surface area contributed by atoms with Crippen LogP contribution in [0.3, 0.4) is 0 Å². The summed E-state index contributed by atoms with van der Waals surface area (Å²) >= 11 is 0. The lowest BCUT2D eigenvalue weighted by Crippen LogP contribution is -2.62. The molecule has 0 bridgehead atoms. The van der Waals surface area contributed by atoms with E-state index in [9.17, 15) is 0 Å². The van der Waals surface area contributed by atoms with Gasteiger partial charge in [-0.1, -0.05) is 53.4 Å². The van der Waals surface area contributed by atoms with Crippen LogP contribution in [0.5, 0.6) is 0 Å². The van der Waals surface area contributed by atoms with Gasteiger partial charge in [0.1, 0.15) is 0 Å². The monoisotopic (exact) mass is 315 g/mol. The molecule has 0 heterocycles. The van der Waals surface area contributed by atoms with Crippen molar-refractivity contribution in [2.24, 2.45) is 5.92 Å². The normalized spacial score (nSPS) is 23.4. The number of hydrogen-bond donors (Lipinski definition) is 1. The Labute approximate surface area is 133 Å². The molecule has 1 aliphatic rings. The fourth-order valence-corrected chi connectivity index (χ4v) is 7.33. The minimum atomic E-state index is -2.29. The van der Waals surface area contributed by atoms with Crippen molar-refractivity contribution in [3.05, 3.63) is 0 Å². The molecule has 2 unspecified atom stereocenters. The zero-order chi connectivity index (χ0) is 15.6. The van der Waals surface area contributed by atoms with E-state index in [4.69, 9.17) is 8.85 Å². The van der Waals surface area contributed by atoms with Crippen molar-refractivity contribution < 1.29 is 8.85 Å². The van der Waals surface area contributed by atoms with E-state index in [1.807, 2.05) is 0 Å². The lowest BCUT2D eigenvalue weighted by Gasteiger charge is -2.42. The standard InChI is InChI=1S/C17H37NO2Si/c1-5-8-13-18-21(19-14-6-2,20-15-7-3)17-12-10-9-11-16(17)4/h16-18H,5-15H2,1-4H3. The summed E-state index contributed by atoms with van der Waals surface area (Å²) in [7, 11) is -2.29. The van der Waals surface area contributed by atoms with Crippen molar-refractivity contribution in [2.75, 3.05) is 19.8 Å². The van der Waals surface area contributed by atoms with Crippen LogP contribution in [0.25, 0.3) is 0 Å². The van der Waals surface area contributed by atoms with Crippen LogP contribution in [-0.4, -0.2) is 28.5 Å². The zero-order valence-electron chi connectivity index (χ0n) is 14.7. The Bertz CT molecular complexity index is 255. The summed E-state index contributed by atoms with van der Waals surface area (Å²) in [5, 5.41) is 0. The van der Waals surface area contributed by atoms with Crippen molar-refractivity contribution in [1.29, 1.82) is 0 Å². The first kappa shape index (κ1) is 19.1. The van der Waals surface area contributed by atoms with Crippen molar-refractivity contribution >= 4 is 8.72 Å². The van der Waals surface area contributed by atoms with Crippen molar-refractivity contribution in [3.63, 3.8) is 0 Å². The van der Waals surface area contributed by atoms with Gasteiger partial charge in [-0.3, -0.25) is 4.98 Å². The second-order valence-corrected chi connectivity index (χ2v) is 9.52. The van der Waals surface area contributed by atoms with E-state index < -0.39 is 8.72 Å². The lowest BCUT2D eigenvalue weighted by molar-refractivity contribution is 0.130. The molecule has 0 aromatic rings. The highest BCUT2D eigenvalue weighted by Crippen LogP contribution is 2.41. The third kappa shape index (κ3) is 6.01. The third-order valence-corrected chi connectivity index (χ3v) is 8.39. The zero-order valence-corrected chi connectivity index (χ0v) is 15.7. The quantitative estimate of drug-likeness (QED) is 0.441. The Morgan fingerprint density at radius 3 is 2.10 bits per heavy atom. The summed E-state index contributed by atoms with van der Waals surface area (Å²) < 4.78 is 12.9. The summed E-state index contributed by atoms with van der Waals surface area (Å²) in [6, 6.07) is 0. The van der Waals surface area contributed by atoms with Gasteiger partial charge in [-0.15, -0.1) is 0 Å². The van der Waals surface area contributed by atoms with Crippen LogP contribution in [0.1, 0.15) is 79.1 Å². The van der Waals surface area contributed by atoms with Crippen LogP contribution in [0.2, 0.25) is 5.54 Å². The minimum absolute atomic E-state index is 0.612. The molecular weight excluding hydrogens is 278 g/mol. The van der Waals surface area contributed by atoms with Crippen LogP contribution in [0.4, 0.5) is 0 Å². The molecule has 126 valence electrons. The molecule has 0 aromatic heterocycles. The SMILES string of the molecule is CCCCN[Si](OCCC)(OCCC)C1CCCCC1C. The third-order valence-electron chi connectivity index (χ3n) is 4.54. The fourth-order valence-electron chi connectivity index (χ4n) is 3.32. The van der Waals surface area contributed by atoms with Gasteiger partial charge >= 0.3 is 8.72 Å². The maximum Gasteiger partial charge on any atom is 0.428 e. The van der Waals surface area contributed by atoms with Crippen molar-refractivity contribution in [2.45, 2.75) is 84.6 Å². The summed E-state index contributed by atoms with van der Waals surface area (Å²) in [5.74, 6) is 0.730. The van der Waals surface area contributed by atoms with Gasteiger partial charge in [0, 0.05) is 18.8 Å². The highest BCUT2D eigenvalue weighted by Gasteiger charge is 2.49. The number of hydrogen-bond acceptors (Lipinski definition) is 3. The highest BCUT2D eigenvalue weighted by molar-refractivity contribution is 6.66. The topological polar surface area (TPSA) is 30.5 Å². The average Bonchev–Trinajstić information content (AvgIpc) is 2.50. The Hall–Kier alpha value is 0.0969. The molecule has 3 nitrogen and oxygen atoms in total. The second-order valence-electron chi connectivity index (χ2n) is 6.51. The van der Waals surface area contributed by atoms with Crippen LogP contribution < -0.4 is 4.98 Å². The van der Waals surface area contributed by atoms with Crippen LogP contribution in [-0.2, 0) is 8.85 Å². The molecule has 1 N–H and O–H groups in total. The average molecular weight is 316 g/mol. The maximum atomic E-state index is 6.44. The molecule has 1 aliphatic carbocycles. The van der Waals surface area contributed by atoms with Gasteiger partial charge < -0.3 is 8.85 Å². The molecular formula is C17H37NO2Si. The Balaban J connectivity index is 2.83. The highest BCUT2D eigenvalue weighted by atomic mass is 28.4. The first-order chi connectivity index (χ1) is 10.2. The first-order valence-corrected chi connectivity index (χ1v) is 11.1. The van der Waals surface area contributed by atoms with E-state index in [2.05, 4.69) is 32.7 Å². The maximum absolute atomic E-state index is 6.44. The minimum Gasteiger partial charge on any atom is -0.383 e. The molecule has 4 heteroatoms. The summed E-state index contributed by atoms with van der Waals surface area (Å²) in [6.07, 6.45) is 9.89. The van der Waals surface area contributed by atoms with Gasteiger partial charge in [0.25, 0.3) is 0 Å². The number of rotatable bonds is 11. The van der Waals surface area contributed by atoms with Gasteiger partial charge in [0.2, 0.25) is 0 Å². The molecule has 2 atom stereocenters. The lowest BCUT2D eigenvalue weighted by atomic mass is 9.90. The first-order valence-electron chi connectivity index (χ1n) is 9.23. The van der Waals surface area contributed by atoms with E-state index in [0.29, 0.717) is 5.54 Å². The van der Waals surface area contributed by atoms with Crippen LogP contribution in [0, 0.1) is 5.92 Å². The van der Waals surface area contributed by atoms with Gasteiger partial charge in [-0.2, -0.15) is 0 Å². The second kappa shape index (κ2) is 10.8. The Morgan fingerprint density at radius 2 is 1.57 bits per heavy atom. The van der Waals surface area contributed by atoms with Crippen LogP contribution in [0.15, 0.2) is 0 Å². The van der Waals surface area contributed by atoms with E-state index in [0.717, 1.165) is 38.5 Å². The molecule has 0 saturated heterocycles. The van der Waals surface area contributed by atoms with E-state index in [1.165, 1.54) is 38.5 Å². The molecule has 1 fully saturated rings. The van der Waals surface area contributed by atoms with Crippen LogP contribution >= 0.6 is 0 Å². The van der Waals surface area contributed by atoms with Crippen molar-refractivity contribution in [3.8, 4) is 0 Å². The smallest absolute Gasteiger partial charge is 0.383 e. The summed E-state index contributed by atoms with van der Waals surface area (Å²) in [6.45, 7) is 11.7.